The van der Waals surface area contributed by atoms with Crippen LogP contribution in [0, 0.1) is 0 Å². The number of carbonyl (C=O) groups excluding carboxylic acids is 1. The highest BCUT2D eigenvalue weighted by Crippen LogP contribution is 1.99. The zero-order valence-corrected chi connectivity index (χ0v) is 10.1. The van der Waals surface area contributed by atoms with Crippen LogP contribution in [0.5, 0.6) is 0 Å². The Morgan fingerprint density at radius 1 is 1.35 bits per heavy atom. The number of unbranched alkanes of at least 4 members (excludes halogenated alkanes) is 1. The maximum atomic E-state index is 11.4. The molecule has 0 aliphatic heterocycles. The molecule has 0 bridgehead atoms. The molecule has 96 valence electrons. The van der Waals surface area contributed by atoms with Gasteiger partial charge < -0.3 is 19.2 Å². The summed E-state index contributed by atoms with van der Waals surface area (Å²) in [6, 6.07) is 3.34. The van der Waals surface area contributed by atoms with Crippen LogP contribution >= 0.6 is 0 Å². The largest absolute Gasteiger partial charge is 0.459 e. The van der Waals surface area contributed by atoms with Gasteiger partial charge in [-0.25, -0.2) is 0 Å². The van der Waals surface area contributed by atoms with Gasteiger partial charge in [0, 0.05) is 20.3 Å². The van der Waals surface area contributed by atoms with Gasteiger partial charge in [0.1, 0.15) is 0 Å². The minimum Gasteiger partial charge on any atom is -0.459 e. The Hall–Kier alpha value is -1.33. The maximum absolute atomic E-state index is 11.4. The summed E-state index contributed by atoms with van der Waals surface area (Å²) < 4.78 is 15.1. The van der Waals surface area contributed by atoms with E-state index in [0.717, 1.165) is 12.8 Å². The first-order valence-electron chi connectivity index (χ1n) is 5.73. The molecule has 1 aromatic rings. The van der Waals surface area contributed by atoms with Gasteiger partial charge >= 0.3 is 0 Å². The summed E-state index contributed by atoms with van der Waals surface area (Å²) in [6.45, 7) is 2.57. The molecule has 1 aromatic heterocycles. The van der Waals surface area contributed by atoms with E-state index in [1.54, 1.807) is 19.2 Å². The van der Waals surface area contributed by atoms with Crippen LogP contribution in [0.15, 0.2) is 22.8 Å². The predicted molar refractivity (Wildman–Crippen MR) is 63.0 cm³/mol. The number of carbonyl (C=O) groups is 1. The van der Waals surface area contributed by atoms with Crippen LogP contribution in [0.25, 0.3) is 0 Å². The third-order valence-corrected chi connectivity index (χ3v) is 2.18. The van der Waals surface area contributed by atoms with Crippen molar-refractivity contribution >= 4 is 5.91 Å². The Balaban J connectivity index is 1.92. The molecule has 1 rings (SSSR count). The zero-order chi connectivity index (χ0) is 12.3. The van der Waals surface area contributed by atoms with Crippen molar-refractivity contribution in [2.75, 3.05) is 33.5 Å². The van der Waals surface area contributed by atoms with Crippen molar-refractivity contribution in [2.45, 2.75) is 12.8 Å². The molecule has 0 unspecified atom stereocenters. The third-order valence-electron chi connectivity index (χ3n) is 2.18. The molecule has 1 heterocycles. The normalized spacial score (nSPS) is 10.4. The van der Waals surface area contributed by atoms with Gasteiger partial charge in [0.05, 0.1) is 19.5 Å². The monoisotopic (exact) mass is 241 g/mol. The van der Waals surface area contributed by atoms with E-state index >= 15 is 0 Å². The average molecular weight is 241 g/mol. The fraction of sp³-hybridized carbons (Fsp3) is 0.583. The molecular formula is C12H19NO4. The van der Waals surface area contributed by atoms with Crippen LogP contribution in [-0.4, -0.2) is 39.4 Å². The van der Waals surface area contributed by atoms with Crippen molar-refractivity contribution in [3.05, 3.63) is 24.2 Å². The molecule has 5 heteroatoms. The lowest BCUT2D eigenvalue weighted by Crippen LogP contribution is -2.24. The lowest BCUT2D eigenvalue weighted by molar-refractivity contribution is 0.0685. The topological polar surface area (TPSA) is 60.7 Å². The second kappa shape index (κ2) is 8.78. The van der Waals surface area contributed by atoms with E-state index in [0.29, 0.717) is 32.1 Å². The van der Waals surface area contributed by atoms with Gasteiger partial charge in [-0.3, -0.25) is 4.79 Å². The smallest absolute Gasteiger partial charge is 0.286 e. The first-order valence-corrected chi connectivity index (χ1v) is 5.73. The van der Waals surface area contributed by atoms with Gasteiger partial charge in [0.2, 0.25) is 0 Å². The molecule has 0 spiro atoms. The Morgan fingerprint density at radius 3 is 2.94 bits per heavy atom. The molecule has 0 fully saturated rings. The second-order valence-electron chi connectivity index (χ2n) is 3.55. The van der Waals surface area contributed by atoms with Crippen LogP contribution in [0.3, 0.4) is 0 Å². The van der Waals surface area contributed by atoms with Crippen molar-refractivity contribution < 1.29 is 18.7 Å². The molecule has 0 saturated carbocycles. The number of furan rings is 1. The summed E-state index contributed by atoms with van der Waals surface area (Å²) in [6.07, 6.45) is 3.29. The van der Waals surface area contributed by atoms with Crippen LogP contribution in [0.4, 0.5) is 0 Å². The quantitative estimate of drug-likeness (QED) is 0.665. The highest BCUT2D eigenvalue weighted by molar-refractivity contribution is 5.91. The maximum Gasteiger partial charge on any atom is 0.286 e. The molecule has 0 aliphatic carbocycles. The van der Waals surface area contributed by atoms with Crippen molar-refractivity contribution in [1.29, 1.82) is 0 Å². The number of hydrogen-bond donors (Lipinski definition) is 1. The number of rotatable bonds is 9. The molecule has 17 heavy (non-hydrogen) atoms. The Kier molecular flexibility index (Phi) is 7.09. The summed E-state index contributed by atoms with van der Waals surface area (Å²) in [7, 11) is 1.65. The fourth-order valence-corrected chi connectivity index (χ4v) is 1.27. The first-order chi connectivity index (χ1) is 8.34. The number of nitrogens with one attached hydrogen (secondary N) is 1. The molecule has 1 amide bonds. The van der Waals surface area contributed by atoms with Gasteiger partial charge in [-0.15, -0.1) is 0 Å². The van der Waals surface area contributed by atoms with Gasteiger partial charge in [-0.2, -0.15) is 0 Å². The SMILES string of the molecule is COCCOCCCCNC(=O)c1ccco1. The van der Waals surface area contributed by atoms with Crippen LogP contribution in [0.2, 0.25) is 0 Å². The van der Waals surface area contributed by atoms with Crippen molar-refractivity contribution in [2.24, 2.45) is 0 Å². The Morgan fingerprint density at radius 2 is 2.24 bits per heavy atom. The Bertz CT molecular complexity index is 297. The van der Waals surface area contributed by atoms with E-state index in [9.17, 15) is 4.79 Å². The summed E-state index contributed by atoms with van der Waals surface area (Å²) in [5.41, 5.74) is 0. The summed E-state index contributed by atoms with van der Waals surface area (Å²) in [4.78, 5) is 11.4. The van der Waals surface area contributed by atoms with E-state index < -0.39 is 0 Å². The average Bonchev–Trinajstić information content (AvgIpc) is 2.86. The molecule has 0 atom stereocenters. The predicted octanol–water partition coefficient (Wildman–Crippen LogP) is 1.45. The molecule has 5 nitrogen and oxygen atoms in total. The van der Waals surface area contributed by atoms with E-state index in [1.165, 1.54) is 6.26 Å². The minimum absolute atomic E-state index is 0.171. The number of methoxy groups -OCH3 is 1. The lowest BCUT2D eigenvalue weighted by atomic mass is 10.3. The molecule has 0 saturated heterocycles. The van der Waals surface area contributed by atoms with E-state index in [4.69, 9.17) is 13.9 Å². The number of ether oxygens (including phenoxy) is 2. The third kappa shape index (κ3) is 6.09. The second-order valence-corrected chi connectivity index (χ2v) is 3.55. The zero-order valence-electron chi connectivity index (χ0n) is 10.1. The summed E-state index contributed by atoms with van der Waals surface area (Å²) in [5.74, 6) is 0.177. The minimum atomic E-state index is -0.171. The number of amides is 1. The summed E-state index contributed by atoms with van der Waals surface area (Å²) >= 11 is 0. The Labute approximate surface area is 101 Å². The van der Waals surface area contributed by atoms with E-state index in [1.807, 2.05) is 0 Å². The van der Waals surface area contributed by atoms with Crippen molar-refractivity contribution in [3.63, 3.8) is 0 Å². The van der Waals surface area contributed by atoms with Gasteiger partial charge in [-0.05, 0) is 25.0 Å². The van der Waals surface area contributed by atoms with Crippen LogP contribution in [0.1, 0.15) is 23.4 Å². The van der Waals surface area contributed by atoms with Crippen LogP contribution < -0.4 is 5.32 Å². The van der Waals surface area contributed by atoms with Crippen molar-refractivity contribution in [1.82, 2.24) is 5.32 Å². The van der Waals surface area contributed by atoms with E-state index in [-0.39, 0.29) is 5.91 Å². The molecule has 0 radical (unpaired) electrons. The highest BCUT2D eigenvalue weighted by atomic mass is 16.5. The first kappa shape index (κ1) is 13.7. The molecule has 1 N–H and O–H groups in total. The van der Waals surface area contributed by atoms with E-state index in [2.05, 4.69) is 5.32 Å². The fourth-order valence-electron chi connectivity index (χ4n) is 1.27. The summed E-state index contributed by atoms with van der Waals surface area (Å²) in [5, 5.41) is 2.77. The van der Waals surface area contributed by atoms with Gasteiger partial charge in [0.25, 0.3) is 5.91 Å². The highest BCUT2D eigenvalue weighted by Gasteiger charge is 2.06. The molecule has 0 aromatic carbocycles. The van der Waals surface area contributed by atoms with Crippen LogP contribution in [-0.2, 0) is 9.47 Å². The van der Waals surface area contributed by atoms with Crippen molar-refractivity contribution in [3.8, 4) is 0 Å². The standard InChI is InChI=1S/C12H19NO4/c1-15-9-10-16-7-3-2-6-13-12(14)11-5-4-8-17-11/h4-5,8H,2-3,6-7,9-10H2,1H3,(H,13,14). The number of hydrogen-bond acceptors (Lipinski definition) is 4. The lowest BCUT2D eigenvalue weighted by Gasteiger charge is -2.04. The molecule has 0 aliphatic rings. The van der Waals surface area contributed by atoms with Gasteiger partial charge in [-0.1, -0.05) is 0 Å². The van der Waals surface area contributed by atoms with Gasteiger partial charge in [0.15, 0.2) is 5.76 Å². The molecular weight excluding hydrogens is 222 g/mol.